The molecule has 0 aliphatic heterocycles. The number of aromatic amines is 1. The molecule has 34 heavy (non-hydrogen) atoms. The van der Waals surface area contributed by atoms with Crippen molar-refractivity contribution in [3.05, 3.63) is 65.1 Å². The lowest BCUT2D eigenvalue weighted by molar-refractivity contribution is 0.420. The van der Waals surface area contributed by atoms with Gasteiger partial charge in [0.05, 0.1) is 16.8 Å². The molecule has 0 atom stereocenters. The highest BCUT2D eigenvalue weighted by atomic mass is 35.5. The van der Waals surface area contributed by atoms with Crippen molar-refractivity contribution in [3.63, 3.8) is 0 Å². The molecule has 0 amide bonds. The van der Waals surface area contributed by atoms with Crippen LogP contribution >= 0.6 is 23.4 Å². The Labute approximate surface area is 207 Å². The maximum Gasteiger partial charge on any atom is 0.191 e. The van der Waals surface area contributed by atoms with Crippen LogP contribution in [0, 0.1) is 11.3 Å². The van der Waals surface area contributed by atoms with Crippen molar-refractivity contribution in [2.75, 3.05) is 5.75 Å². The molecule has 2 heterocycles. The van der Waals surface area contributed by atoms with Crippen molar-refractivity contribution in [3.8, 4) is 17.5 Å². The highest BCUT2D eigenvalue weighted by molar-refractivity contribution is 7.99. The van der Waals surface area contributed by atoms with E-state index in [1.807, 2.05) is 48.5 Å². The number of halogens is 1. The van der Waals surface area contributed by atoms with E-state index in [1.165, 1.54) is 18.2 Å². The lowest BCUT2D eigenvalue weighted by Crippen LogP contribution is -2.04. The Hall–Kier alpha value is -3.28. The standard InChI is InChI=1S/C25H25ClN6OS/c1-2-3-4-7-14-32-24(17-10-12-18(26)13-11-17)30-31-25(32)34-16-22(33)19(15-27)23-28-20-8-5-6-9-21(20)29-23/h5-6,8-13,33H,2-4,7,14,16H2,1H3,(H,28,29)/b22-19-. The third kappa shape index (κ3) is 5.44. The van der Waals surface area contributed by atoms with Crippen LogP contribution in [0.4, 0.5) is 0 Å². The van der Waals surface area contributed by atoms with E-state index in [2.05, 4.69) is 37.7 Å². The highest BCUT2D eigenvalue weighted by Gasteiger charge is 2.18. The second-order valence-electron chi connectivity index (χ2n) is 7.85. The third-order valence-corrected chi connectivity index (χ3v) is 6.65. The number of nitriles is 1. The number of aromatic nitrogens is 5. The minimum Gasteiger partial charge on any atom is -0.510 e. The van der Waals surface area contributed by atoms with Gasteiger partial charge in [-0.25, -0.2) is 4.98 Å². The van der Waals surface area contributed by atoms with Gasteiger partial charge in [-0.1, -0.05) is 61.7 Å². The number of H-pyrrole nitrogens is 1. The molecule has 0 saturated carbocycles. The Morgan fingerprint density at radius 2 is 1.91 bits per heavy atom. The summed E-state index contributed by atoms with van der Waals surface area (Å²) < 4.78 is 2.07. The van der Waals surface area contributed by atoms with E-state index >= 15 is 0 Å². The molecular formula is C25H25ClN6OS. The van der Waals surface area contributed by atoms with Crippen LogP contribution in [0.2, 0.25) is 5.02 Å². The van der Waals surface area contributed by atoms with Gasteiger partial charge >= 0.3 is 0 Å². The summed E-state index contributed by atoms with van der Waals surface area (Å²) in [5, 5.41) is 30.6. The van der Waals surface area contributed by atoms with E-state index in [-0.39, 0.29) is 17.1 Å². The largest absolute Gasteiger partial charge is 0.510 e. The molecule has 4 aromatic rings. The number of fused-ring (bicyclic) bond motifs is 1. The molecule has 0 aliphatic rings. The van der Waals surface area contributed by atoms with E-state index in [1.54, 1.807) is 0 Å². The smallest absolute Gasteiger partial charge is 0.191 e. The monoisotopic (exact) mass is 492 g/mol. The van der Waals surface area contributed by atoms with E-state index in [9.17, 15) is 10.4 Å². The molecule has 0 bridgehead atoms. The lowest BCUT2D eigenvalue weighted by atomic mass is 10.2. The van der Waals surface area contributed by atoms with Gasteiger partial charge < -0.3 is 14.7 Å². The highest BCUT2D eigenvalue weighted by Crippen LogP contribution is 2.28. The summed E-state index contributed by atoms with van der Waals surface area (Å²) in [5.41, 5.74) is 2.60. The number of imidazole rings is 1. The number of rotatable bonds is 10. The van der Waals surface area contributed by atoms with Crippen LogP contribution in [-0.4, -0.2) is 35.6 Å². The Morgan fingerprint density at radius 3 is 2.65 bits per heavy atom. The number of unbranched alkanes of at least 4 members (excludes halogenated alkanes) is 3. The van der Waals surface area contributed by atoms with E-state index < -0.39 is 0 Å². The predicted octanol–water partition coefficient (Wildman–Crippen LogP) is 6.64. The van der Waals surface area contributed by atoms with Crippen molar-refractivity contribution in [1.29, 1.82) is 5.26 Å². The van der Waals surface area contributed by atoms with E-state index in [0.717, 1.165) is 48.2 Å². The van der Waals surface area contributed by atoms with Gasteiger partial charge in [-0.05, 0) is 42.8 Å². The molecule has 0 saturated heterocycles. The second kappa shape index (κ2) is 11.2. The van der Waals surface area contributed by atoms with Crippen molar-refractivity contribution < 1.29 is 5.11 Å². The SMILES string of the molecule is CCCCCCn1c(SC/C(O)=C(\C#N)c2nc3ccccc3[nH]2)nnc1-c1ccc(Cl)cc1. The summed E-state index contributed by atoms with van der Waals surface area (Å²) in [6.45, 7) is 2.95. The van der Waals surface area contributed by atoms with Gasteiger partial charge in [-0.3, -0.25) is 0 Å². The number of hydrogen-bond donors (Lipinski definition) is 2. The molecule has 2 aromatic carbocycles. The molecule has 0 spiro atoms. The van der Waals surface area contributed by atoms with Crippen LogP contribution in [0.3, 0.4) is 0 Å². The average Bonchev–Trinajstić information content (AvgIpc) is 3.45. The average molecular weight is 493 g/mol. The van der Waals surface area contributed by atoms with Crippen LogP contribution in [0.5, 0.6) is 0 Å². The fourth-order valence-corrected chi connectivity index (χ4v) is 4.60. The summed E-state index contributed by atoms with van der Waals surface area (Å²) in [5.74, 6) is 1.23. The van der Waals surface area contributed by atoms with Gasteiger partial charge in [-0.15, -0.1) is 10.2 Å². The summed E-state index contributed by atoms with van der Waals surface area (Å²) in [7, 11) is 0. The number of nitrogens with zero attached hydrogens (tertiary/aromatic N) is 5. The van der Waals surface area contributed by atoms with Gasteiger partial charge in [0.25, 0.3) is 0 Å². The van der Waals surface area contributed by atoms with Gasteiger partial charge in [0.15, 0.2) is 16.8 Å². The first-order valence-electron chi connectivity index (χ1n) is 11.2. The lowest BCUT2D eigenvalue weighted by Gasteiger charge is -2.10. The molecule has 2 aromatic heterocycles. The third-order valence-electron chi connectivity index (χ3n) is 5.42. The van der Waals surface area contributed by atoms with Gasteiger partial charge in [0, 0.05) is 17.1 Å². The predicted molar refractivity (Wildman–Crippen MR) is 137 cm³/mol. The number of aliphatic hydroxyl groups is 1. The number of para-hydroxylation sites is 2. The summed E-state index contributed by atoms with van der Waals surface area (Å²) >= 11 is 7.40. The second-order valence-corrected chi connectivity index (χ2v) is 9.23. The van der Waals surface area contributed by atoms with Crippen LogP contribution in [-0.2, 0) is 6.54 Å². The quantitative estimate of drug-likeness (QED) is 0.111. The molecule has 4 rings (SSSR count). The molecule has 174 valence electrons. The fraction of sp³-hybridized carbons (Fsp3) is 0.280. The summed E-state index contributed by atoms with van der Waals surface area (Å²) in [4.78, 5) is 7.54. The van der Waals surface area contributed by atoms with Crippen molar-refractivity contribution in [2.45, 2.75) is 44.3 Å². The van der Waals surface area contributed by atoms with Crippen LogP contribution < -0.4 is 0 Å². The molecular weight excluding hydrogens is 468 g/mol. The van der Waals surface area contributed by atoms with Gasteiger partial charge in [0.1, 0.15) is 17.4 Å². The molecule has 9 heteroatoms. The summed E-state index contributed by atoms with van der Waals surface area (Å²) in [6, 6.07) is 17.1. The minimum absolute atomic E-state index is 0.0554. The number of aliphatic hydroxyl groups excluding tert-OH is 1. The number of hydrogen-bond acceptors (Lipinski definition) is 6. The number of nitrogens with one attached hydrogen (secondary N) is 1. The first-order chi connectivity index (χ1) is 16.6. The fourth-order valence-electron chi connectivity index (χ4n) is 3.64. The first-order valence-corrected chi connectivity index (χ1v) is 12.6. The zero-order valence-electron chi connectivity index (χ0n) is 18.8. The zero-order valence-corrected chi connectivity index (χ0v) is 20.4. The maximum atomic E-state index is 10.7. The normalized spacial score (nSPS) is 12.0. The van der Waals surface area contributed by atoms with Crippen molar-refractivity contribution in [2.24, 2.45) is 0 Å². The zero-order chi connectivity index (χ0) is 23.9. The minimum atomic E-state index is -0.0554. The number of allylic oxidation sites excluding steroid dienone is 1. The Kier molecular flexibility index (Phi) is 7.88. The topological polar surface area (TPSA) is 103 Å². The molecule has 0 aliphatic carbocycles. The number of benzene rings is 2. The first kappa shape index (κ1) is 23.9. The molecule has 0 radical (unpaired) electrons. The maximum absolute atomic E-state index is 10.7. The molecule has 0 unspecified atom stereocenters. The van der Waals surface area contributed by atoms with Crippen LogP contribution in [0.1, 0.15) is 38.4 Å². The molecule has 2 N–H and O–H groups in total. The van der Waals surface area contributed by atoms with Gasteiger partial charge in [-0.2, -0.15) is 5.26 Å². The van der Waals surface area contributed by atoms with Crippen molar-refractivity contribution in [1.82, 2.24) is 24.7 Å². The molecule has 0 fully saturated rings. The Bertz CT molecular complexity index is 1300. The van der Waals surface area contributed by atoms with E-state index in [0.29, 0.717) is 16.0 Å². The Morgan fingerprint density at radius 1 is 1.12 bits per heavy atom. The van der Waals surface area contributed by atoms with Crippen LogP contribution in [0.25, 0.3) is 28.0 Å². The van der Waals surface area contributed by atoms with Gasteiger partial charge in [0.2, 0.25) is 0 Å². The summed E-state index contributed by atoms with van der Waals surface area (Å²) in [6.07, 6.45) is 4.46. The van der Waals surface area contributed by atoms with Crippen LogP contribution in [0.15, 0.2) is 59.4 Å². The molecule has 7 nitrogen and oxygen atoms in total. The Balaban J connectivity index is 1.58. The number of thioether (sulfide) groups is 1. The van der Waals surface area contributed by atoms with E-state index in [4.69, 9.17) is 11.6 Å². The van der Waals surface area contributed by atoms with Crippen molar-refractivity contribution >= 4 is 40.0 Å².